The van der Waals surface area contributed by atoms with E-state index in [1.54, 1.807) is 6.26 Å². The summed E-state index contributed by atoms with van der Waals surface area (Å²) in [4.78, 5) is 14.8. The first-order valence-corrected chi connectivity index (χ1v) is 11.1. The Bertz CT molecular complexity index is 781. The number of nitrogens with one attached hydrogen (secondary N) is 1. The topological polar surface area (TPSA) is 76.2 Å². The summed E-state index contributed by atoms with van der Waals surface area (Å²) in [6, 6.07) is 3.87. The lowest BCUT2D eigenvalue weighted by atomic mass is 9.92. The summed E-state index contributed by atoms with van der Waals surface area (Å²) in [6.45, 7) is 7.89. The number of nitrogens with zero attached hydrogens (tertiary/aromatic N) is 4. The van der Waals surface area contributed by atoms with Crippen LogP contribution in [0.15, 0.2) is 28.0 Å². The van der Waals surface area contributed by atoms with E-state index in [0.717, 1.165) is 55.8 Å². The smallest absolute Gasteiger partial charge is 0.233 e. The zero-order valence-electron chi connectivity index (χ0n) is 16.6. The molecular weight excluding hydrogens is 374 g/mol. The van der Waals surface area contributed by atoms with Crippen LogP contribution < -0.4 is 10.2 Å². The lowest BCUT2D eigenvalue weighted by molar-refractivity contribution is -0.120. The summed E-state index contributed by atoms with van der Waals surface area (Å²) in [5.74, 6) is 3.11. The van der Waals surface area contributed by atoms with E-state index in [2.05, 4.69) is 38.8 Å². The van der Waals surface area contributed by atoms with E-state index >= 15 is 0 Å². The fraction of sp³-hybridized carbons (Fsp3) is 0.650. The van der Waals surface area contributed by atoms with Gasteiger partial charge in [0, 0.05) is 19.6 Å². The van der Waals surface area contributed by atoms with Gasteiger partial charge in [-0.3, -0.25) is 9.36 Å². The van der Waals surface area contributed by atoms with Crippen LogP contribution in [0.4, 0.5) is 5.95 Å². The maximum absolute atomic E-state index is 12.4. The van der Waals surface area contributed by atoms with Gasteiger partial charge in [-0.25, -0.2) is 0 Å². The zero-order chi connectivity index (χ0) is 19.5. The molecule has 2 aliphatic heterocycles. The second-order valence-corrected chi connectivity index (χ2v) is 9.36. The molecule has 0 saturated carbocycles. The molecular formula is C20H29N5O2S. The second-order valence-electron chi connectivity index (χ2n) is 8.19. The lowest BCUT2D eigenvalue weighted by Crippen LogP contribution is -2.40. The standard InChI is InChI=1S/C20H29N5O2S/c1-14-10-15(2)12-24(11-14)19-22-23-20(25(19)13-16-6-5-9-27-16)28-17-7-3-4-8-21-18(17)26/h5-6,9,14-15,17H,3-4,7-8,10-13H2,1-2H3,(H,21,26). The fourth-order valence-corrected chi connectivity index (χ4v) is 5.37. The van der Waals surface area contributed by atoms with Crippen molar-refractivity contribution in [1.82, 2.24) is 20.1 Å². The van der Waals surface area contributed by atoms with Crippen molar-refractivity contribution < 1.29 is 9.21 Å². The van der Waals surface area contributed by atoms with Crippen LogP contribution in [0, 0.1) is 11.8 Å². The molecule has 4 heterocycles. The van der Waals surface area contributed by atoms with E-state index in [1.165, 1.54) is 18.2 Å². The van der Waals surface area contributed by atoms with E-state index in [4.69, 9.17) is 4.42 Å². The van der Waals surface area contributed by atoms with E-state index in [-0.39, 0.29) is 11.2 Å². The highest BCUT2D eigenvalue weighted by Gasteiger charge is 2.29. The van der Waals surface area contributed by atoms with Gasteiger partial charge in [-0.1, -0.05) is 32.0 Å². The molecule has 0 spiro atoms. The van der Waals surface area contributed by atoms with Crippen molar-refractivity contribution in [2.24, 2.45) is 11.8 Å². The van der Waals surface area contributed by atoms with Gasteiger partial charge in [0.25, 0.3) is 0 Å². The van der Waals surface area contributed by atoms with Crippen LogP contribution in [0.25, 0.3) is 0 Å². The predicted octanol–water partition coefficient (Wildman–Crippen LogP) is 3.16. The molecule has 2 aromatic rings. The minimum atomic E-state index is -0.117. The van der Waals surface area contributed by atoms with Gasteiger partial charge in [-0.05, 0) is 43.2 Å². The van der Waals surface area contributed by atoms with Crippen LogP contribution in [0.3, 0.4) is 0 Å². The molecule has 0 radical (unpaired) electrons. The van der Waals surface area contributed by atoms with Crippen LogP contribution in [0.1, 0.15) is 45.3 Å². The number of anilines is 1. The largest absolute Gasteiger partial charge is 0.467 e. The third-order valence-electron chi connectivity index (χ3n) is 5.48. The van der Waals surface area contributed by atoms with Crippen LogP contribution in [-0.2, 0) is 11.3 Å². The molecule has 0 bridgehead atoms. The number of carbonyl (C=O) groups excluding carboxylic acids is 1. The van der Waals surface area contributed by atoms with Crippen LogP contribution >= 0.6 is 11.8 Å². The van der Waals surface area contributed by atoms with E-state index < -0.39 is 0 Å². The second kappa shape index (κ2) is 8.59. The summed E-state index contributed by atoms with van der Waals surface area (Å²) >= 11 is 1.53. The van der Waals surface area contributed by atoms with Crippen molar-refractivity contribution in [3.05, 3.63) is 24.2 Å². The molecule has 2 fully saturated rings. The van der Waals surface area contributed by atoms with Gasteiger partial charge in [0.15, 0.2) is 5.16 Å². The molecule has 7 nitrogen and oxygen atoms in total. The minimum Gasteiger partial charge on any atom is -0.467 e. The monoisotopic (exact) mass is 403 g/mol. The molecule has 2 saturated heterocycles. The van der Waals surface area contributed by atoms with Gasteiger partial charge in [0.1, 0.15) is 5.76 Å². The quantitative estimate of drug-likeness (QED) is 0.826. The number of carbonyl (C=O) groups is 1. The average molecular weight is 404 g/mol. The average Bonchev–Trinajstić information content (AvgIpc) is 3.25. The first kappa shape index (κ1) is 19.4. The lowest BCUT2D eigenvalue weighted by Gasteiger charge is -2.35. The highest BCUT2D eigenvalue weighted by Crippen LogP contribution is 2.32. The normalized spacial score (nSPS) is 26.1. The number of piperidine rings is 1. The van der Waals surface area contributed by atoms with Gasteiger partial charge < -0.3 is 14.6 Å². The molecule has 28 heavy (non-hydrogen) atoms. The van der Waals surface area contributed by atoms with Crippen molar-refractivity contribution in [3.8, 4) is 0 Å². The summed E-state index contributed by atoms with van der Waals surface area (Å²) < 4.78 is 7.71. The Morgan fingerprint density at radius 1 is 1.25 bits per heavy atom. The Morgan fingerprint density at radius 2 is 2.07 bits per heavy atom. The third-order valence-corrected chi connectivity index (χ3v) is 6.72. The summed E-state index contributed by atoms with van der Waals surface area (Å²) in [6.07, 6.45) is 5.90. The third kappa shape index (κ3) is 4.37. The number of rotatable bonds is 5. The van der Waals surface area contributed by atoms with Crippen molar-refractivity contribution in [2.75, 3.05) is 24.5 Å². The molecule has 1 amide bonds. The van der Waals surface area contributed by atoms with E-state index in [0.29, 0.717) is 18.4 Å². The fourth-order valence-electron chi connectivity index (χ4n) is 4.28. The number of hydrogen-bond donors (Lipinski definition) is 1. The molecule has 0 aromatic carbocycles. The molecule has 3 atom stereocenters. The molecule has 4 rings (SSSR count). The number of hydrogen-bond acceptors (Lipinski definition) is 6. The van der Waals surface area contributed by atoms with Crippen molar-refractivity contribution in [2.45, 2.75) is 56.5 Å². The summed E-state index contributed by atoms with van der Waals surface area (Å²) in [5.41, 5.74) is 0. The van der Waals surface area contributed by atoms with E-state index in [1.807, 2.05) is 12.1 Å². The Balaban J connectivity index is 1.62. The van der Waals surface area contributed by atoms with Crippen LogP contribution in [0.2, 0.25) is 0 Å². The first-order chi connectivity index (χ1) is 13.6. The maximum atomic E-state index is 12.4. The summed E-state index contributed by atoms with van der Waals surface area (Å²) in [5, 5.41) is 12.7. The predicted molar refractivity (Wildman–Crippen MR) is 109 cm³/mol. The highest BCUT2D eigenvalue weighted by atomic mass is 32.2. The number of thioether (sulfide) groups is 1. The Kier molecular flexibility index (Phi) is 5.94. The van der Waals surface area contributed by atoms with Crippen molar-refractivity contribution in [1.29, 1.82) is 0 Å². The van der Waals surface area contributed by atoms with Gasteiger partial charge >= 0.3 is 0 Å². The van der Waals surface area contributed by atoms with Gasteiger partial charge in [0.05, 0.1) is 18.1 Å². The Morgan fingerprint density at radius 3 is 2.82 bits per heavy atom. The van der Waals surface area contributed by atoms with Gasteiger partial charge in [-0.2, -0.15) is 0 Å². The first-order valence-electron chi connectivity index (χ1n) is 10.2. The molecule has 0 aliphatic carbocycles. The van der Waals surface area contributed by atoms with E-state index in [9.17, 15) is 4.79 Å². The van der Waals surface area contributed by atoms with Gasteiger partial charge in [0.2, 0.25) is 11.9 Å². The summed E-state index contributed by atoms with van der Waals surface area (Å²) in [7, 11) is 0. The zero-order valence-corrected chi connectivity index (χ0v) is 17.5. The molecule has 2 aliphatic rings. The highest BCUT2D eigenvalue weighted by molar-refractivity contribution is 8.00. The molecule has 3 unspecified atom stereocenters. The Labute approximate surface area is 170 Å². The SMILES string of the molecule is CC1CC(C)CN(c2nnc(SC3CCCCNC3=O)n2Cc2ccco2)C1. The maximum Gasteiger partial charge on any atom is 0.233 e. The molecule has 8 heteroatoms. The van der Waals surface area contributed by atoms with Crippen molar-refractivity contribution >= 4 is 23.6 Å². The molecule has 152 valence electrons. The van der Waals surface area contributed by atoms with Crippen LogP contribution in [-0.4, -0.2) is 45.6 Å². The number of furan rings is 1. The van der Waals surface area contributed by atoms with Crippen LogP contribution in [0.5, 0.6) is 0 Å². The minimum absolute atomic E-state index is 0.108. The van der Waals surface area contributed by atoms with Gasteiger partial charge in [-0.15, -0.1) is 10.2 Å². The molecule has 1 N–H and O–H groups in total. The molecule has 2 aromatic heterocycles. The number of aromatic nitrogens is 3. The number of amides is 1. The van der Waals surface area contributed by atoms with Crippen molar-refractivity contribution in [3.63, 3.8) is 0 Å². The Hall–Kier alpha value is -1.96.